The summed E-state index contributed by atoms with van der Waals surface area (Å²) >= 11 is 0. The minimum atomic E-state index is -4.66. The van der Waals surface area contributed by atoms with Crippen LogP contribution < -0.4 is 0 Å². The molecular formula is C6H6K2O6S2. The molecule has 10 heteroatoms. The van der Waals surface area contributed by atoms with Crippen molar-refractivity contribution in [3.63, 3.8) is 0 Å². The van der Waals surface area contributed by atoms with Gasteiger partial charge in [0.1, 0.15) is 9.79 Å². The molecule has 0 bridgehead atoms. The third-order valence-corrected chi connectivity index (χ3v) is 3.36. The van der Waals surface area contributed by atoms with Gasteiger partial charge in [0.2, 0.25) is 0 Å². The largest absolute Gasteiger partial charge is 0.295 e. The van der Waals surface area contributed by atoms with Crippen LogP contribution in [0.2, 0.25) is 0 Å². The van der Waals surface area contributed by atoms with Gasteiger partial charge in [0.05, 0.1) is 0 Å². The van der Waals surface area contributed by atoms with Gasteiger partial charge in [-0.2, -0.15) is 16.8 Å². The predicted molar refractivity (Wildman–Crippen MR) is 57.6 cm³/mol. The van der Waals surface area contributed by atoms with E-state index in [4.69, 9.17) is 9.11 Å². The third-order valence-electron chi connectivity index (χ3n) is 1.40. The van der Waals surface area contributed by atoms with Crippen molar-refractivity contribution >= 4 is 123 Å². The van der Waals surface area contributed by atoms with Gasteiger partial charge >= 0.3 is 0 Å². The second-order valence-corrected chi connectivity index (χ2v) is 5.18. The van der Waals surface area contributed by atoms with Crippen LogP contribution in [0, 0.1) is 0 Å². The molecule has 0 heterocycles. The molecule has 0 aliphatic rings. The molecule has 0 spiro atoms. The van der Waals surface area contributed by atoms with Crippen molar-refractivity contribution in [3.05, 3.63) is 24.3 Å². The first kappa shape index (κ1) is 20.6. The van der Waals surface area contributed by atoms with E-state index in [1.807, 2.05) is 0 Å². The Bertz CT molecular complexity index is 499. The van der Waals surface area contributed by atoms with E-state index in [9.17, 15) is 16.8 Å². The topological polar surface area (TPSA) is 109 Å². The van der Waals surface area contributed by atoms with Crippen LogP contribution in [0.15, 0.2) is 34.1 Å². The van der Waals surface area contributed by atoms with Crippen LogP contribution in [0.4, 0.5) is 0 Å². The summed E-state index contributed by atoms with van der Waals surface area (Å²) in [5.74, 6) is 0. The first-order valence-electron chi connectivity index (χ1n) is 3.27. The van der Waals surface area contributed by atoms with Crippen LogP contribution in [0.25, 0.3) is 0 Å². The number of hydrogen-bond donors (Lipinski definition) is 2. The fourth-order valence-corrected chi connectivity index (χ4v) is 2.65. The summed E-state index contributed by atoms with van der Waals surface area (Å²) in [7, 11) is -9.31. The van der Waals surface area contributed by atoms with E-state index in [2.05, 4.69) is 0 Å². The molecule has 0 atom stereocenters. The van der Waals surface area contributed by atoms with Gasteiger partial charge in [-0.15, -0.1) is 0 Å². The molecule has 0 unspecified atom stereocenters. The maximum absolute atomic E-state index is 10.7. The molecule has 0 saturated carbocycles. The third kappa shape index (κ3) is 5.97. The van der Waals surface area contributed by atoms with E-state index in [0.29, 0.717) is 0 Å². The molecule has 2 N–H and O–H groups in total. The summed E-state index contributed by atoms with van der Waals surface area (Å²) in [6.45, 7) is 0. The van der Waals surface area contributed by atoms with Gasteiger partial charge < -0.3 is 0 Å². The molecule has 0 amide bonds. The van der Waals surface area contributed by atoms with Crippen LogP contribution in [0.1, 0.15) is 0 Å². The van der Waals surface area contributed by atoms with E-state index in [0.717, 1.165) is 12.1 Å². The Hall–Kier alpha value is 2.31. The van der Waals surface area contributed by atoms with Crippen molar-refractivity contribution in [2.45, 2.75) is 9.79 Å². The zero-order valence-corrected chi connectivity index (χ0v) is 16.5. The molecule has 0 aromatic heterocycles. The molecule has 2 radical (unpaired) electrons. The van der Waals surface area contributed by atoms with Gasteiger partial charge in [-0.1, -0.05) is 12.1 Å². The molecule has 1 rings (SSSR count). The van der Waals surface area contributed by atoms with Crippen molar-refractivity contribution in [2.75, 3.05) is 0 Å². The molecular weight excluding hydrogens is 310 g/mol. The Labute approximate surface area is 179 Å². The van der Waals surface area contributed by atoms with Crippen LogP contribution in [-0.2, 0) is 20.2 Å². The molecule has 1 aromatic rings. The van der Waals surface area contributed by atoms with Crippen molar-refractivity contribution in [1.29, 1.82) is 0 Å². The first-order valence-corrected chi connectivity index (χ1v) is 6.15. The van der Waals surface area contributed by atoms with Gasteiger partial charge in [-0.05, 0) is 12.1 Å². The van der Waals surface area contributed by atoms with Crippen LogP contribution >= 0.6 is 0 Å². The second kappa shape index (κ2) is 7.79. The maximum atomic E-state index is 10.7. The van der Waals surface area contributed by atoms with E-state index in [1.165, 1.54) is 12.1 Å². The molecule has 80 valence electrons. The summed E-state index contributed by atoms with van der Waals surface area (Å²) in [5.41, 5.74) is 0. The van der Waals surface area contributed by atoms with Gasteiger partial charge in [-0.3, -0.25) is 9.11 Å². The maximum Gasteiger partial charge on any atom is 0.295 e. The van der Waals surface area contributed by atoms with E-state index >= 15 is 0 Å². The smallest absolute Gasteiger partial charge is 0.282 e. The molecule has 0 saturated heterocycles. The Morgan fingerprint density at radius 1 is 0.750 bits per heavy atom. The summed E-state index contributed by atoms with van der Waals surface area (Å²) in [4.78, 5) is -1.69. The Kier molecular flexibility index (Phi) is 10.0. The van der Waals surface area contributed by atoms with Gasteiger partial charge in [0.25, 0.3) is 20.2 Å². The fourth-order valence-electron chi connectivity index (χ4n) is 0.876. The van der Waals surface area contributed by atoms with E-state index < -0.39 is 30.0 Å². The predicted octanol–water partition coefficient (Wildman–Crippen LogP) is -0.582. The van der Waals surface area contributed by atoms with Crippen LogP contribution in [0.5, 0.6) is 0 Å². The number of benzene rings is 1. The minimum absolute atomic E-state index is 0. The Morgan fingerprint density at radius 3 is 1.19 bits per heavy atom. The van der Waals surface area contributed by atoms with Crippen molar-refractivity contribution in [1.82, 2.24) is 0 Å². The van der Waals surface area contributed by atoms with E-state index in [1.54, 1.807) is 0 Å². The average molecular weight is 316 g/mol. The Morgan fingerprint density at radius 2 is 1.00 bits per heavy atom. The molecule has 1 aromatic carbocycles. The average Bonchev–Trinajstić information content (AvgIpc) is 2.01. The molecule has 0 fully saturated rings. The summed E-state index contributed by atoms with van der Waals surface area (Å²) in [6, 6.07) is 4.19. The molecule has 0 aliphatic heterocycles. The monoisotopic (exact) mass is 316 g/mol. The van der Waals surface area contributed by atoms with Crippen molar-refractivity contribution < 1.29 is 25.9 Å². The summed E-state index contributed by atoms with van der Waals surface area (Å²) in [5, 5.41) is 0. The molecule has 6 nitrogen and oxygen atoms in total. The standard InChI is InChI=1S/C6H6O6S2.2K/c7-13(8,9)5-3-1-2-4-6(5)14(10,11)12;;/h1-4H,(H,7,8,9)(H,10,11,12);;. The second-order valence-electron chi connectivity index (χ2n) is 2.40. The van der Waals surface area contributed by atoms with Crippen LogP contribution in [-0.4, -0.2) is 129 Å². The fraction of sp³-hybridized carbons (Fsp3) is 0. The van der Waals surface area contributed by atoms with Gasteiger partial charge in [0.15, 0.2) is 0 Å². The van der Waals surface area contributed by atoms with E-state index in [-0.39, 0.29) is 103 Å². The quantitative estimate of drug-likeness (QED) is 0.558. The van der Waals surface area contributed by atoms with Crippen molar-refractivity contribution in [2.24, 2.45) is 0 Å². The Balaban J connectivity index is 0. The van der Waals surface area contributed by atoms with Gasteiger partial charge in [-0.25, -0.2) is 0 Å². The summed E-state index contributed by atoms with van der Waals surface area (Å²) < 4.78 is 60.0. The van der Waals surface area contributed by atoms with Crippen molar-refractivity contribution in [3.8, 4) is 0 Å². The van der Waals surface area contributed by atoms with Crippen LogP contribution in [0.3, 0.4) is 0 Å². The number of rotatable bonds is 2. The SMILES string of the molecule is O=S(=O)(O)c1ccccc1S(=O)(=O)O.[K].[K]. The molecule has 0 aliphatic carbocycles. The normalized spacial score (nSPS) is 11.1. The zero-order chi connectivity index (χ0) is 11.0. The minimum Gasteiger partial charge on any atom is -0.282 e. The van der Waals surface area contributed by atoms with Gasteiger partial charge in [0, 0.05) is 103 Å². The zero-order valence-electron chi connectivity index (χ0n) is 8.65. The summed E-state index contributed by atoms with van der Waals surface area (Å²) in [6.07, 6.45) is 0. The number of hydrogen-bond acceptors (Lipinski definition) is 4. The first-order chi connectivity index (χ1) is 6.23. The molecule has 16 heavy (non-hydrogen) atoms.